The largest absolute Gasteiger partial charge is 0.453 e. The lowest BCUT2D eigenvalue weighted by molar-refractivity contribution is -0.000991. The molecule has 0 saturated heterocycles. The summed E-state index contributed by atoms with van der Waals surface area (Å²) in [5.41, 5.74) is -0.354. The first-order valence-electron chi connectivity index (χ1n) is 6.06. The number of carbonyl (C=O) groups excluding carboxylic acids is 1. The van der Waals surface area contributed by atoms with Crippen molar-refractivity contribution in [1.29, 1.82) is 0 Å². The molecule has 8 nitrogen and oxygen atoms in total. The fraction of sp³-hybridized carbons (Fsp3) is 0.417. The maximum atomic E-state index is 12.1. The van der Waals surface area contributed by atoms with Crippen LogP contribution >= 0.6 is 0 Å². The molecule has 3 heterocycles. The highest BCUT2D eigenvalue weighted by atomic mass is 16.6. The fourth-order valence-electron chi connectivity index (χ4n) is 2.54. The van der Waals surface area contributed by atoms with Gasteiger partial charge in [-0.3, -0.25) is 13.9 Å². The van der Waals surface area contributed by atoms with Crippen molar-refractivity contribution < 1.29 is 14.6 Å². The van der Waals surface area contributed by atoms with E-state index < -0.39 is 23.3 Å². The second-order valence-electron chi connectivity index (χ2n) is 4.79. The highest BCUT2D eigenvalue weighted by Gasteiger charge is 2.30. The molecule has 8 heteroatoms. The molecule has 0 radical (unpaired) electrons. The molecule has 20 heavy (non-hydrogen) atoms. The van der Waals surface area contributed by atoms with Crippen molar-refractivity contribution in [2.75, 3.05) is 6.61 Å². The molecule has 0 aromatic carbocycles. The Balaban J connectivity index is 2.44. The Morgan fingerprint density at radius 1 is 1.30 bits per heavy atom. The summed E-state index contributed by atoms with van der Waals surface area (Å²) < 4.78 is 8.87. The van der Waals surface area contributed by atoms with Gasteiger partial charge in [-0.2, -0.15) is 0 Å². The van der Waals surface area contributed by atoms with Gasteiger partial charge in [0.2, 0.25) is 0 Å². The summed E-state index contributed by atoms with van der Waals surface area (Å²) in [6.07, 6.45) is -0.676. The van der Waals surface area contributed by atoms with Crippen molar-refractivity contribution in [1.82, 2.24) is 13.7 Å². The topological polar surface area (TPSA) is 95.5 Å². The summed E-state index contributed by atoms with van der Waals surface area (Å²) in [5.74, 6) is -0.610. The second-order valence-corrected chi connectivity index (χ2v) is 4.79. The van der Waals surface area contributed by atoms with Gasteiger partial charge in [-0.05, 0) is 6.07 Å². The quantitative estimate of drug-likeness (QED) is 0.646. The lowest BCUT2D eigenvalue weighted by Gasteiger charge is -2.23. The van der Waals surface area contributed by atoms with Crippen LogP contribution in [0.2, 0.25) is 0 Å². The summed E-state index contributed by atoms with van der Waals surface area (Å²) in [6, 6.07) is 1.42. The van der Waals surface area contributed by atoms with Crippen molar-refractivity contribution in [3.63, 3.8) is 0 Å². The van der Waals surface area contributed by atoms with Crippen LogP contribution in [0, 0.1) is 0 Å². The van der Waals surface area contributed by atoms with Gasteiger partial charge in [0, 0.05) is 14.1 Å². The molecule has 0 aliphatic carbocycles. The molecule has 0 bridgehead atoms. The second kappa shape index (κ2) is 4.07. The van der Waals surface area contributed by atoms with Gasteiger partial charge in [-0.25, -0.2) is 9.59 Å². The van der Waals surface area contributed by atoms with Crippen molar-refractivity contribution in [2.24, 2.45) is 14.1 Å². The molecule has 1 atom stereocenters. The molecule has 0 fully saturated rings. The molecule has 1 aliphatic heterocycles. The van der Waals surface area contributed by atoms with Crippen LogP contribution < -0.4 is 11.2 Å². The predicted molar refractivity (Wildman–Crippen MR) is 68.7 cm³/mol. The lowest BCUT2D eigenvalue weighted by atomic mass is 10.3. The van der Waals surface area contributed by atoms with Crippen molar-refractivity contribution >= 4 is 17.0 Å². The van der Waals surface area contributed by atoms with E-state index in [9.17, 15) is 14.4 Å². The predicted octanol–water partition coefficient (Wildman–Crippen LogP) is -1.43. The van der Waals surface area contributed by atoms with Gasteiger partial charge in [0.05, 0.1) is 18.5 Å². The van der Waals surface area contributed by atoms with Crippen LogP contribution in [0.3, 0.4) is 0 Å². The molecule has 1 unspecified atom stereocenters. The van der Waals surface area contributed by atoms with Crippen LogP contribution in [0.15, 0.2) is 15.7 Å². The molecule has 2 aromatic rings. The van der Waals surface area contributed by atoms with Crippen LogP contribution in [0.1, 0.15) is 10.5 Å². The molecular formula is C12H13N3O5. The summed E-state index contributed by atoms with van der Waals surface area (Å²) in [4.78, 5) is 35.9. The molecule has 2 aromatic heterocycles. The monoisotopic (exact) mass is 279 g/mol. The number of nitrogens with zero attached hydrogens (tertiary/aromatic N) is 3. The van der Waals surface area contributed by atoms with E-state index in [1.165, 1.54) is 24.7 Å². The van der Waals surface area contributed by atoms with Gasteiger partial charge in [0.25, 0.3) is 5.56 Å². The first-order valence-corrected chi connectivity index (χ1v) is 6.06. The average molecular weight is 279 g/mol. The van der Waals surface area contributed by atoms with Gasteiger partial charge in [0.1, 0.15) is 17.4 Å². The smallest absolute Gasteiger partial charge is 0.355 e. The van der Waals surface area contributed by atoms with Crippen LogP contribution in [0.5, 0.6) is 0 Å². The molecule has 3 rings (SSSR count). The number of fused-ring (bicyclic) bond motifs is 3. The number of aliphatic hydroxyl groups is 1. The van der Waals surface area contributed by atoms with Gasteiger partial charge in [0.15, 0.2) is 0 Å². The Labute approximate surface area is 112 Å². The Hall–Kier alpha value is -2.35. The summed E-state index contributed by atoms with van der Waals surface area (Å²) >= 11 is 0. The van der Waals surface area contributed by atoms with E-state index in [1.54, 1.807) is 4.57 Å². The summed E-state index contributed by atoms with van der Waals surface area (Å²) in [6.45, 7) is -0.106. The minimum Gasteiger partial charge on any atom is -0.453 e. The number of ether oxygens (including phenoxy) is 1. The number of aryl methyl sites for hydroxylation is 1. The Bertz CT molecular complexity index is 841. The number of aromatic nitrogens is 3. The van der Waals surface area contributed by atoms with Crippen LogP contribution in [0.25, 0.3) is 11.0 Å². The first-order chi connectivity index (χ1) is 9.45. The molecule has 0 saturated carbocycles. The molecule has 1 aliphatic rings. The number of esters is 1. The molecule has 1 N–H and O–H groups in total. The minimum absolute atomic E-state index is 0.210. The third kappa shape index (κ3) is 1.48. The van der Waals surface area contributed by atoms with E-state index in [4.69, 9.17) is 9.84 Å². The fourth-order valence-corrected chi connectivity index (χ4v) is 2.54. The van der Waals surface area contributed by atoms with E-state index in [1.807, 2.05) is 0 Å². The van der Waals surface area contributed by atoms with E-state index in [-0.39, 0.29) is 24.2 Å². The maximum absolute atomic E-state index is 12.1. The number of carbonyl (C=O) groups is 1. The van der Waals surface area contributed by atoms with E-state index in [0.29, 0.717) is 5.65 Å². The summed E-state index contributed by atoms with van der Waals surface area (Å²) in [5, 5.41) is 9.42. The average Bonchev–Trinajstić information content (AvgIpc) is 2.82. The molecule has 0 amide bonds. The van der Waals surface area contributed by atoms with E-state index in [2.05, 4.69) is 0 Å². The van der Waals surface area contributed by atoms with Crippen LogP contribution in [-0.4, -0.2) is 37.5 Å². The van der Waals surface area contributed by atoms with Crippen molar-refractivity contribution in [3.8, 4) is 0 Å². The maximum Gasteiger partial charge on any atom is 0.355 e. The van der Waals surface area contributed by atoms with Gasteiger partial charge in [-0.1, -0.05) is 0 Å². The summed E-state index contributed by atoms with van der Waals surface area (Å²) in [7, 11) is 2.92. The Kier molecular flexibility index (Phi) is 2.58. The highest BCUT2D eigenvalue weighted by Crippen LogP contribution is 2.21. The normalized spacial score (nSPS) is 18.1. The first kappa shape index (κ1) is 12.7. The number of aliphatic hydroxyl groups excluding tert-OH is 1. The third-order valence-electron chi connectivity index (χ3n) is 3.57. The SMILES string of the molecule is Cn1c(=O)c2cc3n(c2n(C)c1=O)CC(CO)OC3=O. The number of hydrogen-bond donors (Lipinski definition) is 1. The molecule has 0 spiro atoms. The lowest BCUT2D eigenvalue weighted by Crippen LogP contribution is -2.38. The van der Waals surface area contributed by atoms with Gasteiger partial charge >= 0.3 is 11.7 Å². The van der Waals surface area contributed by atoms with Crippen LogP contribution in [0.4, 0.5) is 0 Å². The van der Waals surface area contributed by atoms with Gasteiger partial charge < -0.3 is 14.4 Å². The Morgan fingerprint density at radius 3 is 2.65 bits per heavy atom. The third-order valence-corrected chi connectivity index (χ3v) is 3.57. The number of cyclic esters (lactones) is 1. The number of rotatable bonds is 1. The van der Waals surface area contributed by atoms with E-state index >= 15 is 0 Å². The molecular weight excluding hydrogens is 266 g/mol. The highest BCUT2D eigenvalue weighted by molar-refractivity contribution is 5.95. The zero-order valence-electron chi connectivity index (χ0n) is 11.0. The van der Waals surface area contributed by atoms with Crippen molar-refractivity contribution in [2.45, 2.75) is 12.6 Å². The Morgan fingerprint density at radius 2 is 2.00 bits per heavy atom. The van der Waals surface area contributed by atoms with Gasteiger partial charge in [-0.15, -0.1) is 0 Å². The minimum atomic E-state index is -0.676. The van der Waals surface area contributed by atoms with Crippen molar-refractivity contribution in [3.05, 3.63) is 32.6 Å². The van der Waals surface area contributed by atoms with Crippen LogP contribution in [-0.2, 0) is 25.4 Å². The molecule has 106 valence electrons. The van der Waals surface area contributed by atoms with E-state index in [0.717, 1.165) is 4.57 Å². The standard InChI is InChI=1S/C12H13N3O5/c1-13-9-7(10(17)14(2)12(13)19)3-8-11(18)20-6(5-16)4-15(8)9/h3,6,16H,4-5H2,1-2H3. The zero-order chi connectivity index (χ0) is 14.6. The zero-order valence-corrected chi connectivity index (χ0v) is 11.0. The number of hydrogen-bond acceptors (Lipinski definition) is 5.